The minimum absolute atomic E-state index is 0.0340. The number of methoxy groups -OCH3 is 1. The molecule has 0 saturated heterocycles. The van der Waals surface area contributed by atoms with Crippen molar-refractivity contribution < 1.29 is 27.5 Å². The van der Waals surface area contributed by atoms with Crippen LogP contribution < -0.4 is 14.8 Å². The summed E-state index contributed by atoms with van der Waals surface area (Å²) in [6, 6.07) is 18.7. The Balaban J connectivity index is 1.84. The van der Waals surface area contributed by atoms with Crippen LogP contribution in [0.25, 0.3) is 0 Å². The Morgan fingerprint density at radius 3 is 2.26 bits per heavy atom. The molecule has 1 amide bonds. The third kappa shape index (κ3) is 6.91. The molecule has 3 aromatic carbocycles. The lowest BCUT2D eigenvalue weighted by Gasteiger charge is -2.19. The maximum atomic E-state index is 13.2. The summed E-state index contributed by atoms with van der Waals surface area (Å²) >= 11 is 0. The van der Waals surface area contributed by atoms with Gasteiger partial charge in [0.1, 0.15) is 11.8 Å². The van der Waals surface area contributed by atoms with E-state index in [2.05, 4.69) is 14.8 Å². The third-order valence-corrected chi connectivity index (χ3v) is 6.70. The molecule has 184 valence electrons. The third-order valence-electron chi connectivity index (χ3n) is 5.23. The SMILES string of the molecule is CCOc1ccc(S(=O)(=O)NC(Cc2ccccc2)C(=O)Nc2ccc(C(=O)OC)cc2)cc1C. The number of hydrogen-bond acceptors (Lipinski definition) is 6. The second-order valence-corrected chi connectivity index (χ2v) is 9.50. The highest BCUT2D eigenvalue weighted by atomic mass is 32.2. The van der Waals surface area contributed by atoms with E-state index in [1.807, 2.05) is 37.3 Å². The summed E-state index contributed by atoms with van der Waals surface area (Å²) in [6.07, 6.45) is 0.141. The van der Waals surface area contributed by atoms with Crippen molar-refractivity contribution in [3.63, 3.8) is 0 Å². The molecule has 1 atom stereocenters. The van der Waals surface area contributed by atoms with Crippen LogP contribution in [0.3, 0.4) is 0 Å². The predicted octanol–water partition coefficient (Wildman–Crippen LogP) is 3.71. The van der Waals surface area contributed by atoms with Gasteiger partial charge in [-0.2, -0.15) is 4.72 Å². The molecule has 35 heavy (non-hydrogen) atoms. The molecule has 9 heteroatoms. The molecule has 0 aliphatic heterocycles. The van der Waals surface area contributed by atoms with E-state index in [0.29, 0.717) is 29.2 Å². The van der Waals surface area contributed by atoms with Crippen molar-refractivity contribution in [1.82, 2.24) is 4.72 Å². The average Bonchev–Trinajstić information content (AvgIpc) is 2.85. The Bertz CT molecular complexity index is 1270. The van der Waals surface area contributed by atoms with Crippen molar-refractivity contribution in [2.24, 2.45) is 0 Å². The molecule has 0 aliphatic rings. The van der Waals surface area contributed by atoms with E-state index in [1.165, 1.54) is 31.4 Å². The summed E-state index contributed by atoms with van der Waals surface area (Å²) < 4.78 is 39.1. The van der Waals surface area contributed by atoms with Crippen LogP contribution in [0.15, 0.2) is 77.7 Å². The Kier molecular flexibility index (Phi) is 8.62. The van der Waals surface area contributed by atoms with Gasteiger partial charge in [0.2, 0.25) is 15.9 Å². The number of rotatable bonds is 10. The fourth-order valence-corrected chi connectivity index (χ4v) is 4.72. The minimum Gasteiger partial charge on any atom is -0.494 e. The maximum Gasteiger partial charge on any atom is 0.337 e. The highest BCUT2D eigenvalue weighted by Crippen LogP contribution is 2.22. The molecule has 2 N–H and O–H groups in total. The average molecular weight is 497 g/mol. The lowest BCUT2D eigenvalue weighted by atomic mass is 10.1. The van der Waals surface area contributed by atoms with E-state index < -0.39 is 27.9 Å². The molecule has 8 nitrogen and oxygen atoms in total. The molecule has 0 radical (unpaired) electrons. The normalized spacial score (nSPS) is 12.0. The molecule has 0 fully saturated rings. The molecular formula is C26H28N2O6S. The highest BCUT2D eigenvalue weighted by molar-refractivity contribution is 7.89. The van der Waals surface area contributed by atoms with Crippen LogP contribution in [0, 0.1) is 6.92 Å². The van der Waals surface area contributed by atoms with Crippen LogP contribution in [-0.2, 0) is 26.0 Å². The minimum atomic E-state index is -4.02. The van der Waals surface area contributed by atoms with Gasteiger partial charge in [-0.15, -0.1) is 0 Å². The Morgan fingerprint density at radius 1 is 0.971 bits per heavy atom. The number of esters is 1. The zero-order chi connectivity index (χ0) is 25.4. The molecule has 0 spiro atoms. The van der Waals surface area contributed by atoms with E-state index in [9.17, 15) is 18.0 Å². The molecule has 3 rings (SSSR count). The number of sulfonamides is 1. The van der Waals surface area contributed by atoms with Crippen LogP contribution in [0.4, 0.5) is 5.69 Å². The van der Waals surface area contributed by atoms with Crippen molar-refractivity contribution in [3.05, 3.63) is 89.5 Å². The number of hydrogen-bond donors (Lipinski definition) is 2. The highest BCUT2D eigenvalue weighted by Gasteiger charge is 2.27. The largest absolute Gasteiger partial charge is 0.494 e. The lowest BCUT2D eigenvalue weighted by molar-refractivity contribution is -0.117. The lowest BCUT2D eigenvalue weighted by Crippen LogP contribution is -2.45. The van der Waals surface area contributed by atoms with Gasteiger partial charge in [-0.3, -0.25) is 4.79 Å². The molecule has 1 unspecified atom stereocenters. The Morgan fingerprint density at radius 2 is 1.66 bits per heavy atom. The summed E-state index contributed by atoms with van der Waals surface area (Å²) in [5, 5.41) is 2.72. The molecule has 0 bridgehead atoms. The van der Waals surface area contributed by atoms with Crippen LogP contribution in [0.2, 0.25) is 0 Å². The maximum absolute atomic E-state index is 13.2. The number of carbonyl (C=O) groups excluding carboxylic acids is 2. The molecule has 0 aromatic heterocycles. The number of ether oxygens (including phenoxy) is 2. The zero-order valence-electron chi connectivity index (χ0n) is 19.8. The van der Waals surface area contributed by atoms with E-state index in [1.54, 1.807) is 25.1 Å². The molecule has 3 aromatic rings. The van der Waals surface area contributed by atoms with Crippen molar-refractivity contribution in [3.8, 4) is 5.75 Å². The van der Waals surface area contributed by atoms with Crippen LogP contribution in [0.5, 0.6) is 5.75 Å². The molecule has 0 aliphatic carbocycles. The van der Waals surface area contributed by atoms with Gasteiger partial charge in [0.05, 0.1) is 24.2 Å². The van der Waals surface area contributed by atoms with Gasteiger partial charge < -0.3 is 14.8 Å². The standard InChI is InChI=1S/C26H28N2O6S/c1-4-34-24-15-14-22(16-18(24)2)35(31,32)28-23(17-19-8-6-5-7-9-19)25(29)27-21-12-10-20(11-13-21)26(30)33-3/h5-16,23,28H,4,17H2,1-3H3,(H,27,29). The van der Waals surface area contributed by atoms with Gasteiger partial charge in [0, 0.05) is 5.69 Å². The van der Waals surface area contributed by atoms with Crippen LogP contribution >= 0.6 is 0 Å². The van der Waals surface area contributed by atoms with Crippen molar-refractivity contribution >= 4 is 27.6 Å². The van der Waals surface area contributed by atoms with Gasteiger partial charge in [-0.25, -0.2) is 13.2 Å². The second kappa shape index (κ2) is 11.6. The summed E-state index contributed by atoms with van der Waals surface area (Å²) in [7, 11) is -2.74. The number of benzene rings is 3. The first kappa shape index (κ1) is 25.9. The number of nitrogens with one attached hydrogen (secondary N) is 2. The monoisotopic (exact) mass is 496 g/mol. The van der Waals surface area contributed by atoms with Crippen LogP contribution in [0.1, 0.15) is 28.4 Å². The second-order valence-electron chi connectivity index (χ2n) is 7.78. The van der Waals surface area contributed by atoms with Gasteiger partial charge in [-0.1, -0.05) is 30.3 Å². The first-order valence-electron chi connectivity index (χ1n) is 11.0. The number of aryl methyl sites for hydroxylation is 1. The number of amides is 1. The van der Waals surface area contributed by atoms with E-state index >= 15 is 0 Å². The van der Waals surface area contributed by atoms with E-state index in [-0.39, 0.29) is 11.3 Å². The quantitative estimate of drug-likeness (QED) is 0.414. The predicted molar refractivity (Wildman–Crippen MR) is 133 cm³/mol. The number of carbonyl (C=O) groups is 2. The molecule has 0 saturated carbocycles. The van der Waals surface area contributed by atoms with Gasteiger partial charge >= 0.3 is 5.97 Å². The first-order valence-corrected chi connectivity index (χ1v) is 12.5. The summed E-state index contributed by atoms with van der Waals surface area (Å²) in [5.74, 6) is -0.436. The topological polar surface area (TPSA) is 111 Å². The fraction of sp³-hybridized carbons (Fsp3) is 0.231. The van der Waals surface area contributed by atoms with Crippen molar-refractivity contribution in [2.45, 2.75) is 31.2 Å². The molecule has 0 heterocycles. The summed E-state index contributed by atoms with van der Waals surface area (Å²) in [4.78, 5) is 24.8. The van der Waals surface area contributed by atoms with Gasteiger partial charge in [-0.05, 0) is 73.9 Å². The Hall–Kier alpha value is -3.69. The smallest absolute Gasteiger partial charge is 0.337 e. The fourth-order valence-electron chi connectivity index (χ4n) is 3.44. The summed E-state index contributed by atoms with van der Waals surface area (Å²) in [6.45, 7) is 4.07. The van der Waals surface area contributed by atoms with E-state index in [0.717, 1.165) is 5.56 Å². The first-order chi connectivity index (χ1) is 16.7. The Labute approximate surface area is 205 Å². The van der Waals surface area contributed by atoms with E-state index in [4.69, 9.17) is 4.74 Å². The van der Waals surface area contributed by atoms with Crippen LogP contribution in [-0.4, -0.2) is 40.1 Å². The van der Waals surface area contributed by atoms with Gasteiger partial charge in [0.15, 0.2) is 0 Å². The molecular weight excluding hydrogens is 468 g/mol. The number of anilines is 1. The zero-order valence-corrected chi connectivity index (χ0v) is 20.6. The van der Waals surface area contributed by atoms with Crippen molar-refractivity contribution in [1.29, 1.82) is 0 Å². The van der Waals surface area contributed by atoms with Gasteiger partial charge in [0.25, 0.3) is 0 Å². The summed E-state index contributed by atoms with van der Waals surface area (Å²) in [5.41, 5.74) is 2.21. The van der Waals surface area contributed by atoms with Crippen molar-refractivity contribution in [2.75, 3.05) is 19.0 Å².